The van der Waals surface area contributed by atoms with Gasteiger partial charge in [-0.15, -0.1) is 0 Å². The minimum atomic E-state index is 0.162. The lowest BCUT2D eigenvalue weighted by Crippen LogP contribution is -2.41. The van der Waals surface area contributed by atoms with E-state index >= 15 is 0 Å². The van der Waals surface area contributed by atoms with Gasteiger partial charge in [-0.2, -0.15) is 0 Å². The van der Waals surface area contributed by atoms with E-state index in [1.807, 2.05) is 0 Å². The second-order valence-corrected chi connectivity index (χ2v) is 4.06. The van der Waals surface area contributed by atoms with E-state index in [2.05, 4.69) is 5.32 Å². The van der Waals surface area contributed by atoms with Crippen LogP contribution in [0.25, 0.3) is 0 Å². The van der Waals surface area contributed by atoms with E-state index in [4.69, 9.17) is 5.11 Å². The summed E-state index contributed by atoms with van der Waals surface area (Å²) in [6, 6.07) is 0.713. The molecule has 2 saturated carbocycles. The smallest absolute Gasteiger partial charge is 0.0613 e. The van der Waals surface area contributed by atoms with Gasteiger partial charge in [-0.05, 0) is 25.7 Å². The maximum Gasteiger partial charge on any atom is 0.0613 e. The summed E-state index contributed by atoms with van der Waals surface area (Å²) in [7, 11) is 0. The molecule has 0 aliphatic heterocycles. The summed E-state index contributed by atoms with van der Waals surface area (Å²) < 4.78 is 0. The molecule has 0 bridgehead atoms. The number of nitrogens with one attached hydrogen (secondary N) is 1. The van der Waals surface area contributed by atoms with E-state index < -0.39 is 0 Å². The van der Waals surface area contributed by atoms with Crippen LogP contribution in [-0.4, -0.2) is 23.3 Å². The fraction of sp³-hybridized carbons (Fsp3) is 1.00. The van der Waals surface area contributed by atoms with E-state index in [1.165, 1.54) is 38.5 Å². The Labute approximate surface area is 68.0 Å². The fourth-order valence-corrected chi connectivity index (χ4v) is 2.00. The molecule has 0 amide bonds. The highest BCUT2D eigenvalue weighted by Crippen LogP contribution is 2.36. The van der Waals surface area contributed by atoms with Crippen molar-refractivity contribution >= 4 is 0 Å². The third kappa shape index (κ3) is 1.57. The van der Waals surface area contributed by atoms with Crippen molar-refractivity contribution < 1.29 is 5.11 Å². The molecule has 0 aromatic carbocycles. The van der Waals surface area contributed by atoms with Gasteiger partial charge in [-0.25, -0.2) is 0 Å². The first kappa shape index (κ1) is 7.56. The van der Waals surface area contributed by atoms with Crippen LogP contribution in [0.4, 0.5) is 0 Å². The standard InChI is InChI=1S/C9H17NO/c11-7-9(5-6-9)10-8-3-1-2-4-8/h8,10-11H,1-7H2. The maximum absolute atomic E-state index is 9.05. The Bertz CT molecular complexity index is 136. The van der Waals surface area contributed by atoms with Crippen LogP contribution in [0, 0.1) is 0 Å². The molecule has 2 nitrogen and oxygen atoms in total. The van der Waals surface area contributed by atoms with Crippen LogP contribution >= 0.6 is 0 Å². The quantitative estimate of drug-likeness (QED) is 0.638. The molecular weight excluding hydrogens is 138 g/mol. The highest BCUT2D eigenvalue weighted by Gasteiger charge is 2.43. The average Bonchev–Trinajstić information content (AvgIpc) is 2.59. The normalized spacial score (nSPS) is 29.2. The molecule has 64 valence electrons. The van der Waals surface area contributed by atoms with Crippen LogP contribution in [-0.2, 0) is 0 Å². The summed E-state index contributed by atoms with van der Waals surface area (Å²) in [6.07, 6.45) is 7.75. The van der Waals surface area contributed by atoms with Crippen molar-refractivity contribution in [3.8, 4) is 0 Å². The summed E-state index contributed by atoms with van der Waals surface area (Å²) in [5.74, 6) is 0. The van der Waals surface area contributed by atoms with Crippen molar-refractivity contribution in [2.75, 3.05) is 6.61 Å². The predicted octanol–water partition coefficient (Wildman–Crippen LogP) is 1.04. The minimum absolute atomic E-state index is 0.162. The zero-order valence-electron chi connectivity index (χ0n) is 6.97. The average molecular weight is 155 g/mol. The lowest BCUT2D eigenvalue weighted by Gasteiger charge is -2.19. The van der Waals surface area contributed by atoms with Gasteiger partial charge in [0.15, 0.2) is 0 Å². The van der Waals surface area contributed by atoms with Crippen molar-refractivity contribution in [1.82, 2.24) is 5.32 Å². The van der Waals surface area contributed by atoms with Crippen LogP contribution < -0.4 is 5.32 Å². The Kier molecular flexibility index (Phi) is 1.90. The van der Waals surface area contributed by atoms with Crippen molar-refractivity contribution in [2.24, 2.45) is 0 Å². The molecule has 2 aliphatic carbocycles. The topological polar surface area (TPSA) is 32.3 Å². The van der Waals surface area contributed by atoms with Gasteiger partial charge in [0, 0.05) is 11.6 Å². The van der Waals surface area contributed by atoms with Crippen LogP contribution in [0.3, 0.4) is 0 Å². The molecule has 0 unspecified atom stereocenters. The van der Waals surface area contributed by atoms with Gasteiger partial charge in [0.05, 0.1) is 6.61 Å². The van der Waals surface area contributed by atoms with E-state index in [1.54, 1.807) is 0 Å². The number of rotatable bonds is 3. The Morgan fingerprint density at radius 3 is 2.36 bits per heavy atom. The highest BCUT2D eigenvalue weighted by molar-refractivity contribution is 5.03. The molecule has 2 N–H and O–H groups in total. The van der Waals surface area contributed by atoms with E-state index in [9.17, 15) is 0 Å². The lowest BCUT2D eigenvalue weighted by molar-refractivity contribution is 0.218. The third-order valence-corrected chi connectivity index (χ3v) is 3.02. The zero-order valence-corrected chi connectivity index (χ0v) is 6.97. The zero-order chi connectivity index (χ0) is 7.73. The highest BCUT2D eigenvalue weighted by atomic mass is 16.3. The molecule has 2 rings (SSSR count). The van der Waals surface area contributed by atoms with Gasteiger partial charge in [0.2, 0.25) is 0 Å². The summed E-state index contributed by atoms with van der Waals surface area (Å²) in [5, 5.41) is 12.6. The second-order valence-electron chi connectivity index (χ2n) is 4.06. The van der Waals surface area contributed by atoms with Gasteiger partial charge in [0.25, 0.3) is 0 Å². The van der Waals surface area contributed by atoms with Crippen molar-refractivity contribution in [3.05, 3.63) is 0 Å². The third-order valence-electron chi connectivity index (χ3n) is 3.02. The Balaban J connectivity index is 1.80. The second kappa shape index (κ2) is 2.76. The lowest BCUT2D eigenvalue weighted by atomic mass is 10.2. The molecular formula is C9H17NO. The van der Waals surface area contributed by atoms with E-state index in [-0.39, 0.29) is 5.54 Å². The first-order valence-electron chi connectivity index (χ1n) is 4.73. The molecule has 2 aliphatic rings. The van der Waals surface area contributed by atoms with Crippen LogP contribution in [0.2, 0.25) is 0 Å². The van der Waals surface area contributed by atoms with Crippen molar-refractivity contribution in [1.29, 1.82) is 0 Å². The number of hydrogen-bond acceptors (Lipinski definition) is 2. The molecule has 0 atom stereocenters. The largest absolute Gasteiger partial charge is 0.394 e. The Morgan fingerprint density at radius 1 is 1.27 bits per heavy atom. The maximum atomic E-state index is 9.05. The summed E-state index contributed by atoms with van der Waals surface area (Å²) in [4.78, 5) is 0. The first-order valence-corrected chi connectivity index (χ1v) is 4.73. The molecule has 0 aromatic heterocycles. The fourth-order valence-electron chi connectivity index (χ4n) is 2.00. The minimum Gasteiger partial charge on any atom is -0.394 e. The summed E-state index contributed by atoms with van der Waals surface area (Å²) in [6.45, 7) is 0.337. The Hall–Kier alpha value is -0.0800. The number of hydrogen-bond donors (Lipinski definition) is 2. The Morgan fingerprint density at radius 2 is 1.91 bits per heavy atom. The van der Waals surface area contributed by atoms with Gasteiger partial charge < -0.3 is 10.4 Å². The molecule has 0 aromatic rings. The van der Waals surface area contributed by atoms with E-state index in [0.29, 0.717) is 12.6 Å². The molecule has 0 spiro atoms. The van der Waals surface area contributed by atoms with Gasteiger partial charge >= 0.3 is 0 Å². The van der Waals surface area contributed by atoms with Crippen molar-refractivity contribution in [2.45, 2.75) is 50.1 Å². The molecule has 2 heteroatoms. The number of aliphatic hydroxyl groups is 1. The van der Waals surface area contributed by atoms with Gasteiger partial charge in [-0.1, -0.05) is 12.8 Å². The van der Waals surface area contributed by atoms with Gasteiger partial charge in [0.1, 0.15) is 0 Å². The summed E-state index contributed by atoms with van der Waals surface area (Å²) >= 11 is 0. The van der Waals surface area contributed by atoms with Crippen LogP contribution in [0.5, 0.6) is 0 Å². The first-order chi connectivity index (χ1) is 5.35. The van der Waals surface area contributed by atoms with Gasteiger partial charge in [-0.3, -0.25) is 0 Å². The molecule has 11 heavy (non-hydrogen) atoms. The van der Waals surface area contributed by atoms with Crippen molar-refractivity contribution in [3.63, 3.8) is 0 Å². The van der Waals surface area contributed by atoms with Crippen LogP contribution in [0.1, 0.15) is 38.5 Å². The predicted molar refractivity (Wildman–Crippen MR) is 44.4 cm³/mol. The molecule has 0 saturated heterocycles. The molecule has 0 heterocycles. The summed E-state index contributed by atoms with van der Waals surface area (Å²) in [5.41, 5.74) is 0.162. The SMILES string of the molecule is OCC1(NC2CCCC2)CC1. The molecule has 0 radical (unpaired) electrons. The van der Waals surface area contributed by atoms with Crippen LogP contribution in [0.15, 0.2) is 0 Å². The monoisotopic (exact) mass is 155 g/mol. The number of aliphatic hydroxyl groups excluding tert-OH is 1. The van der Waals surface area contributed by atoms with E-state index in [0.717, 1.165) is 0 Å². The molecule has 2 fully saturated rings.